The standard InChI is InChI=1S/C8H17N.C6H14/c1-7-3-5-8(9-2)6-4-7;1-3-5-6-4-2/h7-9H,3-6H2,1-2H3;3-6H2,1-2H3. The van der Waals surface area contributed by atoms with Gasteiger partial charge in [0.25, 0.3) is 0 Å². The molecular formula is C14H31N. The van der Waals surface area contributed by atoms with Gasteiger partial charge in [-0.2, -0.15) is 0 Å². The van der Waals surface area contributed by atoms with E-state index in [1.165, 1.54) is 51.4 Å². The first kappa shape index (κ1) is 15.0. The zero-order valence-corrected chi connectivity index (χ0v) is 11.3. The van der Waals surface area contributed by atoms with Crippen molar-refractivity contribution in [2.45, 2.75) is 78.2 Å². The van der Waals surface area contributed by atoms with Gasteiger partial charge in [0, 0.05) is 6.04 Å². The first-order chi connectivity index (χ1) is 7.24. The molecule has 15 heavy (non-hydrogen) atoms. The van der Waals surface area contributed by atoms with E-state index in [4.69, 9.17) is 0 Å². The van der Waals surface area contributed by atoms with Crippen molar-refractivity contribution in [3.8, 4) is 0 Å². The average Bonchev–Trinajstić information content (AvgIpc) is 2.28. The van der Waals surface area contributed by atoms with E-state index in [1.54, 1.807) is 0 Å². The van der Waals surface area contributed by atoms with E-state index in [0.717, 1.165) is 12.0 Å². The van der Waals surface area contributed by atoms with Gasteiger partial charge in [0.15, 0.2) is 0 Å². The van der Waals surface area contributed by atoms with Crippen LogP contribution in [0.15, 0.2) is 0 Å². The van der Waals surface area contributed by atoms with Crippen LogP contribution in [0.3, 0.4) is 0 Å². The summed E-state index contributed by atoms with van der Waals surface area (Å²) in [6, 6.07) is 0.821. The Morgan fingerprint density at radius 1 is 0.933 bits per heavy atom. The second-order valence-electron chi connectivity index (χ2n) is 4.95. The van der Waals surface area contributed by atoms with Gasteiger partial charge in [0.05, 0.1) is 0 Å². The van der Waals surface area contributed by atoms with Gasteiger partial charge in [-0.1, -0.05) is 46.5 Å². The van der Waals surface area contributed by atoms with Crippen molar-refractivity contribution in [3.63, 3.8) is 0 Å². The van der Waals surface area contributed by atoms with Crippen molar-refractivity contribution >= 4 is 0 Å². The summed E-state index contributed by atoms with van der Waals surface area (Å²) in [4.78, 5) is 0. The third-order valence-corrected chi connectivity index (χ3v) is 3.38. The number of hydrogen-bond acceptors (Lipinski definition) is 1. The Morgan fingerprint density at radius 2 is 1.40 bits per heavy atom. The summed E-state index contributed by atoms with van der Waals surface area (Å²) in [6.45, 7) is 6.82. The molecule has 1 heteroatoms. The van der Waals surface area contributed by atoms with Crippen LogP contribution in [0.5, 0.6) is 0 Å². The van der Waals surface area contributed by atoms with Gasteiger partial charge in [-0.25, -0.2) is 0 Å². The molecule has 0 aromatic carbocycles. The maximum absolute atomic E-state index is 3.32. The highest BCUT2D eigenvalue weighted by molar-refractivity contribution is 4.73. The van der Waals surface area contributed by atoms with Crippen molar-refractivity contribution in [1.82, 2.24) is 5.32 Å². The number of hydrogen-bond donors (Lipinski definition) is 1. The van der Waals surface area contributed by atoms with Crippen LogP contribution < -0.4 is 5.32 Å². The number of rotatable bonds is 4. The van der Waals surface area contributed by atoms with Crippen LogP contribution in [-0.2, 0) is 0 Å². The maximum Gasteiger partial charge on any atom is 0.00642 e. The molecule has 0 aliphatic heterocycles. The third-order valence-electron chi connectivity index (χ3n) is 3.38. The topological polar surface area (TPSA) is 12.0 Å². The second-order valence-corrected chi connectivity index (χ2v) is 4.95. The predicted octanol–water partition coefficient (Wildman–Crippen LogP) is 4.37. The predicted molar refractivity (Wildman–Crippen MR) is 70.3 cm³/mol. The lowest BCUT2D eigenvalue weighted by Gasteiger charge is -2.25. The van der Waals surface area contributed by atoms with Crippen molar-refractivity contribution in [3.05, 3.63) is 0 Å². The zero-order valence-electron chi connectivity index (χ0n) is 11.3. The van der Waals surface area contributed by atoms with Crippen molar-refractivity contribution in [1.29, 1.82) is 0 Å². The molecule has 1 nitrogen and oxygen atoms in total. The fourth-order valence-corrected chi connectivity index (χ4v) is 2.05. The van der Waals surface area contributed by atoms with Gasteiger partial charge < -0.3 is 5.32 Å². The molecule has 0 radical (unpaired) electrons. The zero-order chi connectivity index (χ0) is 11.5. The molecule has 0 saturated heterocycles. The lowest BCUT2D eigenvalue weighted by molar-refractivity contribution is 0.319. The van der Waals surface area contributed by atoms with Crippen LogP contribution in [0.1, 0.15) is 72.1 Å². The highest BCUT2D eigenvalue weighted by Crippen LogP contribution is 2.22. The molecule has 1 aliphatic carbocycles. The molecular weight excluding hydrogens is 182 g/mol. The molecule has 1 saturated carbocycles. The van der Waals surface area contributed by atoms with Gasteiger partial charge in [-0.15, -0.1) is 0 Å². The smallest absolute Gasteiger partial charge is 0.00642 e. The van der Waals surface area contributed by atoms with Crippen molar-refractivity contribution in [2.24, 2.45) is 5.92 Å². The number of unbranched alkanes of at least 4 members (excludes halogenated alkanes) is 3. The quantitative estimate of drug-likeness (QED) is 0.684. The summed E-state index contributed by atoms with van der Waals surface area (Å²) >= 11 is 0. The Kier molecular flexibility index (Phi) is 10.4. The van der Waals surface area contributed by atoms with Crippen molar-refractivity contribution < 1.29 is 0 Å². The van der Waals surface area contributed by atoms with Crippen LogP contribution in [0, 0.1) is 5.92 Å². The molecule has 1 rings (SSSR count). The summed E-state index contributed by atoms with van der Waals surface area (Å²) in [5.41, 5.74) is 0. The molecule has 1 fully saturated rings. The fourth-order valence-electron chi connectivity index (χ4n) is 2.05. The third kappa shape index (κ3) is 8.92. The molecule has 92 valence electrons. The second kappa shape index (κ2) is 10.5. The summed E-state index contributed by atoms with van der Waals surface area (Å²) < 4.78 is 0. The van der Waals surface area contributed by atoms with E-state index >= 15 is 0 Å². The Labute approximate surface area is 97.0 Å². The minimum Gasteiger partial charge on any atom is -0.317 e. The molecule has 0 spiro atoms. The molecule has 0 unspecified atom stereocenters. The maximum atomic E-state index is 3.32. The van der Waals surface area contributed by atoms with Gasteiger partial charge in [0.2, 0.25) is 0 Å². The first-order valence-corrected chi connectivity index (χ1v) is 6.91. The lowest BCUT2D eigenvalue weighted by Crippen LogP contribution is -2.29. The normalized spacial score (nSPS) is 25.6. The Hall–Kier alpha value is -0.0400. The summed E-state index contributed by atoms with van der Waals surface area (Å²) in [5, 5.41) is 3.32. The van der Waals surface area contributed by atoms with Crippen LogP contribution in [0.25, 0.3) is 0 Å². The van der Waals surface area contributed by atoms with E-state index < -0.39 is 0 Å². The molecule has 0 amide bonds. The first-order valence-electron chi connectivity index (χ1n) is 6.91. The van der Waals surface area contributed by atoms with Gasteiger partial charge >= 0.3 is 0 Å². The van der Waals surface area contributed by atoms with Gasteiger partial charge in [-0.3, -0.25) is 0 Å². The molecule has 0 bridgehead atoms. The summed E-state index contributed by atoms with van der Waals surface area (Å²) in [6.07, 6.45) is 11.2. The largest absolute Gasteiger partial charge is 0.317 e. The van der Waals surface area contributed by atoms with Gasteiger partial charge in [-0.05, 0) is 38.6 Å². The summed E-state index contributed by atoms with van der Waals surface area (Å²) in [7, 11) is 2.07. The average molecular weight is 213 g/mol. The Balaban J connectivity index is 0.000000288. The fraction of sp³-hybridized carbons (Fsp3) is 1.00. The minimum absolute atomic E-state index is 0.821. The van der Waals surface area contributed by atoms with Crippen LogP contribution in [0.4, 0.5) is 0 Å². The molecule has 0 atom stereocenters. The van der Waals surface area contributed by atoms with Gasteiger partial charge in [0.1, 0.15) is 0 Å². The molecule has 0 aromatic heterocycles. The molecule has 1 aliphatic rings. The van der Waals surface area contributed by atoms with Crippen molar-refractivity contribution in [2.75, 3.05) is 7.05 Å². The van der Waals surface area contributed by atoms with E-state index in [9.17, 15) is 0 Å². The molecule has 1 N–H and O–H groups in total. The van der Waals surface area contributed by atoms with Crippen LogP contribution in [-0.4, -0.2) is 13.1 Å². The molecule has 0 heterocycles. The minimum atomic E-state index is 0.821. The Morgan fingerprint density at radius 3 is 1.73 bits per heavy atom. The molecule has 0 aromatic rings. The van der Waals surface area contributed by atoms with E-state index in [0.29, 0.717) is 0 Å². The van der Waals surface area contributed by atoms with Crippen LogP contribution >= 0.6 is 0 Å². The Bertz CT molecular complexity index is 111. The lowest BCUT2D eigenvalue weighted by atomic mass is 9.87. The number of nitrogens with one attached hydrogen (secondary N) is 1. The van der Waals surface area contributed by atoms with E-state index in [-0.39, 0.29) is 0 Å². The highest BCUT2D eigenvalue weighted by atomic mass is 14.9. The van der Waals surface area contributed by atoms with E-state index in [2.05, 4.69) is 33.1 Å². The monoisotopic (exact) mass is 213 g/mol. The van der Waals surface area contributed by atoms with E-state index in [1.807, 2.05) is 0 Å². The summed E-state index contributed by atoms with van der Waals surface area (Å²) in [5.74, 6) is 0.981. The SMILES string of the molecule is CCCCCC.CNC1CCC(C)CC1. The highest BCUT2D eigenvalue weighted by Gasteiger charge is 2.15. The van der Waals surface area contributed by atoms with Crippen LogP contribution in [0.2, 0.25) is 0 Å².